The molecule has 2 aromatic rings. The number of unbranched alkanes of at least 4 members (excludes halogenated alkanes) is 1. The van der Waals surface area contributed by atoms with Gasteiger partial charge < -0.3 is 31.6 Å². The Kier molecular flexibility index (Phi) is 10.4. The van der Waals surface area contributed by atoms with Gasteiger partial charge in [0.2, 0.25) is 22.1 Å². The monoisotopic (exact) mass is 418 g/mol. The Morgan fingerprint density at radius 2 is 1.52 bits per heavy atom. The quantitative estimate of drug-likeness (QED) is 0.364. The van der Waals surface area contributed by atoms with E-state index in [0.717, 1.165) is 35.9 Å². The third-order valence-electron chi connectivity index (χ3n) is 2.55. The number of anilines is 2. The first-order valence-corrected chi connectivity index (χ1v) is 9.37. The van der Waals surface area contributed by atoms with Gasteiger partial charge in [-0.1, -0.05) is 13.3 Å². The van der Waals surface area contributed by atoms with Crippen molar-refractivity contribution in [3.8, 4) is 12.0 Å². The van der Waals surface area contributed by atoms with Gasteiger partial charge in [-0.15, -0.1) is 8.75 Å². The van der Waals surface area contributed by atoms with Gasteiger partial charge in [-0.25, -0.2) is 0 Å². The molecule has 2 heterocycles. The molecule has 27 heavy (non-hydrogen) atoms. The molecule has 14 heteroatoms. The fourth-order valence-electron chi connectivity index (χ4n) is 1.34. The number of hydrogen-bond acceptors (Lipinski definition) is 12. The van der Waals surface area contributed by atoms with Crippen molar-refractivity contribution < 1.29 is 19.1 Å². The van der Waals surface area contributed by atoms with E-state index in [1.165, 1.54) is 7.11 Å². The smallest absolute Gasteiger partial charge is 0.330 e. The zero-order valence-electron chi connectivity index (χ0n) is 14.9. The lowest BCUT2D eigenvalue weighted by Crippen LogP contribution is -2.21. The van der Waals surface area contributed by atoms with Crippen LogP contribution in [0.3, 0.4) is 0 Å². The molecule has 2 aromatic heterocycles. The van der Waals surface area contributed by atoms with E-state index in [2.05, 4.69) is 36.3 Å². The number of carbonyl (C=O) groups is 2. The second kappa shape index (κ2) is 12.6. The SMILES string of the molecule is CCCCOc1nsc(NCC(N)=O)n1.COc1nsc(NCC(N)=O)n1. The van der Waals surface area contributed by atoms with Gasteiger partial charge in [-0.3, -0.25) is 9.59 Å². The number of carbonyl (C=O) groups excluding carboxylic acids is 2. The Morgan fingerprint density at radius 3 is 1.96 bits per heavy atom. The maximum atomic E-state index is 10.5. The molecule has 0 spiro atoms. The number of rotatable bonds is 11. The molecule has 0 radical (unpaired) electrons. The van der Waals surface area contributed by atoms with Crippen LogP contribution in [0.25, 0.3) is 0 Å². The van der Waals surface area contributed by atoms with E-state index in [9.17, 15) is 9.59 Å². The topological polar surface area (TPSA) is 180 Å². The van der Waals surface area contributed by atoms with Gasteiger partial charge in [-0.2, -0.15) is 9.97 Å². The molecule has 0 saturated carbocycles. The van der Waals surface area contributed by atoms with Crippen LogP contribution in [0.1, 0.15) is 19.8 Å². The molecule has 0 aliphatic rings. The van der Waals surface area contributed by atoms with Crippen molar-refractivity contribution in [3.63, 3.8) is 0 Å². The average Bonchev–Trinajstić information content (AvgIpc) is 3.28. The van der Waals surface area contributed by atoms with Crippen molar-refractivity contribution in [1.29, 1.82) is 0 Å². The number of primary amides is 2. The summed E-state index contributed by atoms with van der Waals surface area (Å²) >= 11 is 2.26. The normalized spacial score (nSPS) is 9.70. The summed E-state index contributed by atoms with van der Waals surface area (Å²) in [4.78, 5) is 28.7. The molecule has 0 saturated heterocycles. The summed E-state index contributed by atoms with van der Waals surface area (Å²) in [5.74, 6) is -0.872. The number of aromatic nitrogens is 4. The van der Waals surface area contributed by atoms with Crippen molar-refractivity contribution in [3.05, 3.63) is 0 Å². The number of nitrogens with one attached hydrogen (secondary N) is 2. The Balaban J connectivity index is 0.000000277. The van der Waals surface area contributed by atoms with Crippen LogP contribution in [-0.2, 0) is 9.59 Å². The maximum absolute atomic E-state index is 10.5. The minimum absolute atomic E-state index is 0.0539. The van der Waals surface area contributed by atoms with Crippen LogP contribution < -0.4 is 31.6 Å². The lowest BCUT2D eigenvalue weighted by molar-refractivity contribution is -0.117. The van der Waals surface area contributed by atoms with E-state index in [1.54, 1.807) is 0 Å². The third-order valence-corrected chi connectivity index (χ3v) is 3.87. The lowest BCUT2D eigenvalue weighted by atomic mass is 10.4. The van der Waals surface area contributed by atoms with Crippen molar-refractivity contribution in [2.24, 2.45) is 11.5 Å². The first-order chi connectivity index (χ1) is 12.9. The van der Waals surface area contributed by atoms with Crippen LogP contribution in [-0.4, -0.2) is 57.3 Å². The highest BCUT2D eigenvalue weighted by Crippen LogP contribution is 2.16. The molecule has 0 aliphatic heterocycles. The molecule has 6 N–H and O–H groups in total. The summed E-state index contributed by atoms with van der Waals surface area (Å²) in [6, 6.07) is 0.632. The standard InChI is InChI=1S/C8H14N4O2S.C5H8N4O2S/c1-2-3-4-14-7-11-8(15-12-7)10-5-6(9)13;1-11-4-8-5(12-9-4)7-2-3(6)10/h2-5H2,1H3,(H2,9,13)(H,10,11,12);2H2,1H3,(H2,6,10)(H,7,8,9). The third kappa shape index (κ3) is 10.1. The molecule has 0 aliphatic carbocycles. The highest BCUT2D eigenvalue weighted by atomic mass is 32.1. The number of methoxy groups -OCH3 is 1. The van der Waals surface area contributed by atoms with E-state index >= 15 is 0 Å². The fraction of sp³-hybridized carbons (Fsp3) is 0.538. The summed E-state index contributed by atoms with van der Waals surface area (Å²) in [5, 5.41) is 6.50. The van der Waals surface area contributed by atoms with E-state index in [-0.39, 0.29) is 19.1 Å². The van der Waals surface area contributed by atoms with Gasteiger partial charge in [0.25, 0.3) is 0 Å². The van der Waals surface area contributed by atoms with Crippen LogP contribution in [0.15, 0.2) is 0 Å². The summed E-state index contributed by atoms with van der Waals surface area (Å²) < 4.78 is 17.8. The highest BCUT2D eigenvalue weighted by Gasteiger charge is 2.05. The molecule has 12 nitrogen and oxygen atoms in total. The van der Waals surface area contributed by atoms with Gasteiger partial charge in [0.15, 0.2) is 0 Å². The van der Waals surface area contributed by atoms with E-state index in [4.69, 9.17) is 20.9 Å². The summed E-state index contributed by atoms with van der Waals surface area (Å²) in [5.41, 5.74) is 9.87. The Hall–Kier alpha value is -2.74. The summed E-state index contributed by atoms with van der Waals surface area (Å²) in [7, 11) is 1.47. The number of nitrogens with two attached hydrogens (primary N) is 2. The Labute approximate surface area is 164 Å². The van der Waals surface area contributed by atoms with Crippen molar-refractivity contribution in [2.45, 2.75) is 19.8 Å². The maximum Gasteiger partial charge on any atom is 0.330 e. The molecule has 150 valence electrons. The average molecular weight is 419 g/mol. The molecule has 0 atom stereocenters. The first-order valence-electron chi connectivity index (χ1n) is 7.83. The van der Waals surface area contributed by atoms with E-state index in [0.29, 0.717) is 22.9 Å². The molecule has 0 fully saturated rings. The van der Waals surface area contributed by atoms with Gasteiger partial charge in [0, 0.05) is 23.1 Å². The first kappa shape index (κ1) is 22.3. The summed E-state index contributed by atoms with van der Waals surface area (Å²) in [6.07, 6.45) is 2.04. The second-order valence-electron chi connectivity index (χ2n) is 4.81. The van der Waals surface area contributed by atoms with E-state index < -0.39 is 11.8 Å². The largest absolute Gasteiger partial charge is 0.466 e. The molecule has 0 unspecified atom stereocenters. The van der Waals surface area contributed by atoms with Crippen LogP contribution in [0.2, 0.25) is 0 Å². The van der Waals surface area contributed by atoms with Crippen LogP contribution in [0.5, 0.6) is 12.0 Å². The zero-order chi connectivity index (χ0) is 20.1. The van der Waals surface area contributed by atoms with Crippen molar-refractivity contribution in [2.75, 3.05) is 37.4 Å². The molecular weight excluding hydrogens is 396 g/mol. The molecule has 2 rings (SSSR count). The van der Waals surface area contributed by atoms with E-state index in [1.807, 2.05) is 0 Å². The summed E-state index contributed by atoms with van der Waals surface area (Å²) in [6.45, 7) is 2.81. The Bertz CT molecular complexity index is 708. The van der Waals surface area contributed by atoms with Crippen LogP contribution in [0.4, 0.5) is 10.3 Å². The van der Waals surface area contributed by atoms with Crippen molar-refractivity contribution in [1.82, 2.24) is 18.7 Å². The number of hydrogen-bond donors (Lipinski definition) is 4. The van der Waals surface area contributed by atoms with Crippen LogP contribution >= 0.6 is 23.1 Å². The minimum Gasteiger partial charge on any atom is -0.466 e. The van der Waals surface area contributed by atoms with Gasteiger partial charge in [0.05, 0.1) is 26.8 Å². The van der Waals surface area contributed by atoms with Gasteiger partial charge in [-0.05, 0) is 6.42 Å². The zero-order valence-corrected chi connectivity index (χ0v) is 16.6. The fourth-order valence-corrected chi connectivity index (χ4v) is 2.39. The molecule has 0 bridgehead atoms. The number of nitrogens with zero attached hydrogens (tertiary/aromatic N) is 4. The molecular formula is C13H22N8O4S2. The minimum atomic E-state index is -0.441. The molecule has 2 amide bonds. The van der Waals surface area contributed by atoms with Gasteiger partial charge >= 0.3 is 12.0 Å². The van der Waals surface area contributed by atoms with Crippen LogP contribution in [0, 0.1) is 0 Å². The second-order valence-corrected chi connectivity index (χ2v) is 6.31. The van der Waals surface area contributed by atoms with Gasteiger partial charge in [0.1, 0.15) is 0 Å². The number of amides is 2. The highest BCUT2D eigenvalue weighted by molar-refractivity contribution is 7.10. The predicted octanol–water partition coefficient (Wildman–Crippen LogP) is 0.0581. The Morgan fingerprint density at radius 1 is 1.00 bits per heavy atom. The predicted molar refractivity (Wildman–Crippen MR) is 102 cm³/mol. The molecule has 0 aromatic carbocycles. The number of ether oxygens (including phenoxy) is 2. The lowest BCUT2D eigenvalue weighted by Gasteiger charge is -1.98. The van der Waals surface area contributed by atoms with Crippen molar-refractivity contribution >= 4 is 45.1 Å².